The summed E-state index contributed by atoms with van der Waals surface area (Å²) in [5.74, 6) is -0.0698. The maximum atomic E-state index is 13.0. The minimum absolute atomic E-state index is 0.0822. The number of sulfonamides is 1. The molecule has 1 saturated heterocycles. The fourth-order valence-electron chi connectivity index (χ4n) is 3.36. The number of benzene rings is 1. The first kappa shape index (κ1) is 21.3. The number of imidazole rings is 1. The van der Waals surface area contributed by atoms with Gasteiger partial charge in [-0.05, 0) is 49.7 Å². The van der Waals surface area contributed by atoms with Gasteiger partial charge in [-0.3, -0.25) is 4.79 Å². The van der Waals surface area contributed by atoms with Crippen molar-refractivity contribution >= 4 is 27.3 Å². The van der Waals surface area contributed by atoms with E-state index in [-0.39, 0.29) is 29.4 Å². The minimum Gasteiger partial charge on any atom is -0.492 e. The molecule has 1 aromatic carbocycles. The van der Waals surface area contributed by atoms with E-state index >= 15 is 0 Å². The van der Waals surface area contributed by atoms with E-state index in [1.54, 1.807) is 16.7 Å². The summed E-state index contributed by atoms with van der Waals surface area (Å²) in [7, 11) is -3.72. The third kappa shape index (κ3) is 4.41. The lowest BCUT2D eigenvalue weighted by atomic mass is 10.2. The van der Waals surface area contributed by atoms with Crippen molar-refractivity contribution in [3.63, 3.8) is 0 Å². The Morgan fingerprint density at radius 3 is 2.74 bits per heavy atom. The Labute approximate surface area is 180 Å². The highest BCUT2D eigenvalue weighted by atomic mass is 32.2. The molecule has 164 valence electrons. The van der Waals surface area contributed by atoms with Gasteiger partial charge in [-0.1, -0.05) is 0 Å². The lowest BCUT2D eigenvalue weighted by Crippen LogP contribution is -2.40. The van der Waals surface area contributed by atoms with Gasteiger partial charge in [0.05, 0.1) is 30.4 Å². The molecule has 31 heavy (non-hydrogen) atoms. The van der Waals surface area contributed by atoms with Crippen molar-refractivity contribution in [3.8, 4) is 5.75 Å². The van der Waals surface area contributed by atoms with E-state index in [1.165, 1.54) is 16.4 Å². The lowest BCUT2D eigenvalue weighted by molar-refractivity contribution is 0.0730. The van der Waals surface area contributed by atoms with Crippen LogP contribution in [-0.2, 0) is 14.8 Å². The minimum atomic E-state index is -3.72. The third-order valence-corrected chi connectivity index (χ3v) is 6.85. The Morgan fingerprint density at radius 2 is 2.00 bits per heavy atom. The number of pyridine rings is 1. The van der Waals surface area contributed by atoms with Gasteiger partial charge >= 0.3 is 0 Å². The Bertz CT molecular complexity index is 1220. The van der Waals surface area contributed by atoms with E-state index in [0.29, 0.717) is 31.2 Å². The lowest BCUT2D eigenvalue weighted by Gasteiger charge is -2.26. The number of rotatable bonds is 6. The molecule has 1 aliphatic heterocycles. The number of nitrogens with one attached hydrogen (secondary N) is 1. The molecule has 10 heteroatoms. The first-order chi connectivity index (χ1) is 14.9. The summed E-state index contributed by atoms with van der Waals surface area (Å²) < 4.78 is 40.0. The number of carbonyl (C=O) groups excluding carboxylic acids is 1. The monoisotopic (exact) mass is 444 g/mol. The molecule has 0 aliphatic carbocycles. The van der Waals surface area contributed by atoms with E-state index < -0.39 is 15.9 Å². The van der Waals surface area contributed by atoms with Crippen LogP contribution in [0.3, 0.4) is 0 Å². The zero-order chi connectivity index (χ0) is 22.0. The third-order valence-electron chi connectivity index (χ3n) is 4.96. The molecule has 0 atom stereocenters. The van der Waals surface area contributed by atoms with E-state index in [2.05, 4.69) is 10.3 Å². The number of hydrogen-bond donors (Lipinski definition) is 1. The standard InChI is InChI=1S/C21H24N4O5S/c1-3-30-19-5-4-16(31(27,28)25-8-10-29-11-9-25)13-17(19)23-21(26)18-14-24-7-6-15(2)12-20(24)22-18/h4-7,12-14H,3,8-11H2,1-2H3,(H,23,26). The molecule has 0 bridgehead atoms. The number of hydrogen-bond acceptors (Lipinski definition) is 6. The Balaban J connectivity index is 1.65. The Kier molecular flexibility index (Phi) is 5.94. The van der Waals surface area contributed by atoms with Crippen molar-refractivity contribution in [2.24, 2.45) is 0 Å². The number of amides is 1. The van der Waals surface area contributed by atoms with Crippen LogP contribution in [0, 0.1) is 6.92 Å². The highest BCUT2D eigenvalue weighted by Crippen LogP contribution is 2.30. The second-order valence-corrected chi connectivity index (χ2v) is 9.10. The van der Waals surface area contributed by atoms with Gasteiger partial charge in [-0.25, -0.2) is 13.4 Å². The average molecular weight is 445 g/mol. The number of ether oxygens (including phenoxy) is 2. The molecule has 3 heterocycles. The summed E-state index contributed by atoms with van der Waals surface area (Å²) in [6.45, 7) is 5.42. The quantitative estimate of drug-likeness (QED) is 0.626. The Hall–Kier alpha value is -2.95. The van der Waals surface area contributed by atoms with Crippen molar-refractivity contribution in [3.05, 3.63) is 54.0 Å². The van der Waals surface area contributed by atoms with Crippen LogP contribution < -0.4 is 10.1 Å². The van der Waals surface area contributed by atoms with Crippen LogP contribution in [0.2, 0.25) is 0 Å². The van der Waals surface area contributed by atoms with E-state index in [1.807, 2.05) is 32.2 Å². The molecule has 1 amide bonds. The van der Waals surface area contributed by atoms with Crippen LogP contribution in [0.5, 0.6) is 5.75 Å². The molecule has 0 saturated carbocycles. The number of aromatic nitrogens is 2. The summed E-state index contributed by atoms with van der Waals surface area (Å²) in [5.41, 5.74) is 2.17. The Morgan fingerprint density at radius 1 is 1.23 bits per heavy atom. The number of nitrogens with zero attached hydrogens (tertiary/aromatic N) is 3. The van der Waals surface area contributed by atoms with Gasteiger partial charge < -0.3 is 19.2 Å². The predicted octanol–water partition coefficient (Wildman–Crippen LogP) is 2.31. The fourth-order valence-corrected chi connectivity index (χ4v) is 4.80. The topological polar surface area (TPSA) is 102 Å². The first-order valence-electron chi connectivity index (χ1n) is 10.00. The summed E-state index contributed by atoms with van der Waals surface area (Å²) >= 11 is 0. The van der Waals surface area contributed by atoms with Gasteiger partial charge in [0.15, 0.2) is 0 Å². The van der Waals surface area contributed by atoms with Crippen LogP contribution in [0.4, 0.5) is 5.69 Å². The fraction of sp³-hybridized carbons (Fsp3) is 0.333. The summed E-state index contributed by atoms with van der Waals surface area (Å²) in [6, 6.07) is 8.26. The van der Waals surface area contributed by atoms with Gasteiger partial charge in [-0.15, -0.1) is 0 Å². The molecule has 1 aliphatic rings. The second-order valence-electron chi connectivity index (χ2n) is 7.16. The first-order valence-corrected chi connectivity index (χ1v) is 11.4. The van der Waals surface area contributed by atoms with Crippen LogP contribution in [0.25, 0.3) is 5.65 Å². The highest BCUT2D eigenvalue weighted by molar-refractivity contribution is 7.89. The molecule has 0 radical (unpaired) electrons. The molecule has 1 fully saturated rings. The zero-order valence-electron chi connectivity index (χ0n) is 17.4. The normalized spacial score (nSPS) is 15.2. The molecule has 0 spiro atoms. The molecular weight excluding hydrogens is 420 g/mol. The van der Waals surface area contributed by atoms with E-state index in [0.717, 1.165) is 5.56 Å². The summed E-state index contributed by atoms with van der Waals surface area (Å²) in [6.07, 6.45) is 3.45. The molecular formula is C21H24N4O5S. The molecule has 2 aromatic heterocycles. The van der Waals surface area contributed by atoms with Crippen LogP contribution >= 0.6 is 0 Å². The summed E-state index contributed by atoms with van der Waals surface area (Å²) in [5, 5.41) is 2.76. The number of carbonyl (C=O) groups is 1. The number of fused-ring (bicyclic) bond motifs is 1. The van der Waals surface area contributed by atoms with Crippen molar-refractivity contribution in [1.82, 2.24) is 13.7 Å². The van der Waals surface area contributed by atoms with Crippen LogP contribution in [0.15, 0.2) is 47.6 Å². The predicted molar refractivity (Wildman–Crippen MR) is 115 cm³/mol. The van der Waals surface area contributed by atoms with Crippen molar-refractivity contribution < 1.29 is 22.7 Å². The molecule has 9 nitrogen and oxygen atoms in total. The van der Waals surface area contributed by atoms with Crippen LogP contribution in [0.1, 0.15) is 23.0 Å². The van der Waals surface area contributed by atoms with Gasteiger partial charge in [-0.2, -0.15) is 4.31 Å². The van der Waals surface area contributed by atoms with Crippen molar-refractivity contribution in [1.29, 1.82) is 0 Å². The average Bonchev–Trinajstić information content (AvgIpc) is 3.19. The smallest absolute Gasteiger partial charge is 0.275 e. The molecule has 0 unspecified atom stereocenters. The number of aryl methyl sites for hydroxylation is 1. The van der Waals surface area contributed by atoms with Crippen LogP contribution in [-0.4, -0.2) is 60.9 Å². The number of morpholine rings is 1. The van der Waals surface area contributed by atoms with Gasteiger partial charge in [0.1, 0.15) is 17.1 Å². The molecule has 1 N–H and O–H groups in total. The summed E-state index contributed by atoms with van der Waals surface area (Å²) in [4.78, 5) is 17.3. The highest BCUT2D eigenvalue weighted by Gasteiger charge is 2.27. The maximum Gasteiger partial charge on any atom is 0.275 e. The van der Waals surface area contributed by atoms with E-state index in [4.69, 9.17) is 9.47 Å². The SMILES string of the molecule is CCOc1ccc(S(=O)(=O)N2CCOCC2)cc1NC(=O)c1cn2ccc(C)cc2n1. The maximum absolute atomic E-state index is 13.0. The van der Waals surface area contributed by atoms with Gasteiger partial charge in [0.2, 0.25) is 10.0 Å². The van der Waals surface area contributed by atoms with Gasteiger partial charge in [0, 0.05) is 25.5 Å². The van der Waals surface area contributed by atoms with Crippen molar-refractivity contribution in [2.75, 3.05) is 38.2 Å². The largest absolute Gasteiger partial charge is 0.492 e. The zero-order valence-corrected chi connectivity index (χ0v) is 18.2. The number of anilines is 1. The van der Waals surface area contributed by atoms with E-state index in [9.17, 15) is 13.2 Å². The van der Waals surface area contributed by atoms with Gasteiger partial charge in [0.25, 0.3) is 5.91 Å². The molecule has 3 aromatic rings. The molecule has 4 rings (SSSR count). The van der Waals surface area contributed by atoms with Crippen molar-refractivity contribution in [2.45, 2.75) is 18.7 Å². The second kappa shape index (κ2) is 8.66.